The van der Waals surface area contributed by atoms with Crippen molar-refractivity contribution in [3.8, 4) is 0 Å². The zero-order valence-electron chi connectivity index (χ0n) is 32.8. The number of hydrogen-bond donors (Lipinski definition) is 2. The van der Waals surface area contributed by atoms with E-state index < -0.39 is 0 Å². The standard InChI is InChI=1S/C41H73N3O3.2ClH/c1-28(2)11-10-12-29(3)33-15-16-34-32-14-13-30-27-31(19-21-40(30,8)35(32)20-22-41(33,34)9)47-37(46)18-17-36(45)44(25-23-38(4,5)42)26-24-39(6,7)43;;/h13,28-29,31-35H,10-12,14-27,42-43H2,1-9H3;2*1H/t29?,31-,32-,33+,34-,35-,40-,41+;;/m0../s1. The predicted octanol–water partition coefficient (Wildman–Crippen LogP) is 9.65. The summed E-state index contributed by atoms with van der Waals surface area (Å²) in [5.74, 6) is 4.69. The normalized spacial score (nSPS) is 31.7. The summed E-state index contributed by atoms with van der Waals surface area (Å²) in [5, 5.41) is 0. The average molecular weight is 729 g/mol. The molecule has 0 aromatic heterocycles. The lowest BCUT2D eigenvalue weighted by Gasteiger charge is -2.58. The Bertz CT molecular complexity index is 1100. The van der Waals surface area contributed by atoms with Gasteiger partial charge in [-0.25, -0.2) is 0 Å². The fourth-order valence-electron chi connectivity index (χ4n) is 10.6. The SMILES string of the molecule is CC(C)CCCC(C)[C@H]1CC[C@H]2[C@@H]3CC=C4C[C@@H](OC(=O)CCC(=O)N(CCC(C)(C)N)CCC(C)(C)N)CC[C@]4(C)[C@H]3CC[C@]12C.Cl.Cl. The van der Waals surface area contributed by atoms with Gasteiger partial charge >= 0.3 is 5.97 Å². The van der Waals surface area contributed by atoms with Crippen LogP contribution >= 0.6 is 24.8 Å². The van der Waals surface area contributed by atoms with E-state index in [0.29, 0.717) is 31.3 Å². The molecule has 4 rings (SSSR count). The van der Waals surface area contributed by atoms with E-state index in [4.69, 9.17) is 16.2 Å². The van der Waals surface area contributed by atoms with E-state index in [1.165, 1.54) is 51.4 Å². The van der Waals surface area contributed by atoms with Crippen molar-refractivity contribution in [2.45, 2.75) is 176 Å². The monoisotopic (exact) mass is 728 g/mol. The minimum atomic E-state index is -0.360. The predicted molar refractivity (Wildman–Crippen MR) is 209 cm³/mol. The average Bonchev–Trinajstić information content (AvgIpc) is 3.32. The van der Waals surface area contributed by atoms with Crippen LogP contribution in [0.4, 0.5) is 0 Å². The Balaban J connectivity index is 0.00000417. The number of nitrogens with two attached hydrogens (primary N) is 2. The highest BCUT2D eigenvalue weighted by atomic mass is 35.5. The highest BCUT2D eigenvalue weighted by Crippen LogP contribution is 2.67. The molecule has 0 radical (unpaired) electrons. The minimum Gasteiger partial charge on any atom is -0.462 e. The van der Waals surface area contributed by atoms with Gasteiger partial charge < -0.3 is 21.1 Å². The molecule has 0 bridgehead atoms. The molecule has 1 amide bonds. The molecule has 0 aromatic carbocycles. The Kier molecular flexibility index (Phi) is 16.1. The number of carbonyl (C=O) groups excluding carboxylic acids is 2. The van der Waals surface area contributed by atoms with Crippen molar-refractivity contribution in [2.75, 3.05) is 13.1 Å². The van der Waals surface area contributed by atoms with Crippen molar-refractivity contribution < 1.29 is 14.3 Å². The van der Waals surface area contributed by atoms with Gasteiger partial charge in [-0.1, -0.05) is 65.5 Å². The van der Waals surface area contributed by atoms with E-state index in [-0.39, 0.29) is 72.1 Å². The van der Waals surface area contributed by atoms with Crippen molar-refractivity contribution in [1.82, 2.24) is 4.90 Å². The molecule has 0 aromatic rings. The molecule has 6 nitrogen and oxygen atoms in total. The Morgan fingerprint density at radius 2 is 1.53 bits per heavy atom. The number of hydrogen-bond acceptors (Lipinski definition) is 5. The summed E-state index contributed by atoms with van der Waals surface area (Å²) < 4.78 is 6.06. The van der Waals surface area contributed by atoms with E-state index in [9.17, 15) is 9.59 Å². The smallest absolute Gasteiger partial charge is 0.306 e. The second kappa shape index (κ2) is 17.8. The molecular formula is C41H75Cl2N3O3. The van der Waals surface area contributed by atoms with Crippen LogP contribution < -0.4 is 11.5 Å². The lowest BCUT2D eigenvalue weighted by atomic mass is 9.47. The Hall–Kier alpha value is -0.820. The van der Waals surface area contributed by atoms with Gasteiger partial charge in [-0.2, -0.15) is 0 Å². The van der Waals surface area contributed by atoms with Gasteiger partial charge in [-0.3, -0.25) is 9.59 Å². The van der Waals surface area contributed by atoms with Crippen LogP contribution in [0.25, 0.3) is 0 Å². The maximum atomic E-state index is 13.2. The number of amides is 1. The quantitative estimate of drug-likeness (QED) is 0.129. The number of rotatable bonds is 15. The molecule has 0 spiro atoms. The molecule has 4 aliphatic carbocycles. The van der Waals surface area contributed by atoms with Crippen molar-refractivity contribution in [1.29, 1.82) is 0 Å². The van der Waals surface area contributed by atoms with Gasteiger partial charge in [-0.05, 0) is 132 Å². The molecule has 4 N–H and O–H groups in total. The molecule has 8 atom stereocenters. The van der Waals surface area contributed by atoms with Gasteiger partial charge in [0, 0.05) is 37.0 Å². The van der Waals surface area contributed by atoms with Crippen molar-refractivity contribution in [3.63, 3.8) is 0 Å². The number of ether oxygens (including phenoxy) is 1. The molecule has 0 heterocycles. The highest BCUT2D eigenvalue weighted by molar-refractivity contribution is 5.85. The number of allylic oxidation sites excluding steroid dienone is 1. The van der Waals surface area contributed by atoms with Crippen LogP contribution in [0.2, 0.25) is 0 Å². The molecule has 8 heteroatoms. The van der Waals surface area contributed by atoms with E-state index in [2.05, 4.69) is 40.7 Å². The fraction of sp³-hybridized carbons (Fsp3) is 0.902. The summed E-state index contributed by atoms with van der Waals surface area (Å²) in [4.78, 5) is 28.1. The molecule has 286 valence electrons. The van der Waals surface area contributed by atoms with E-state index in [1.807, 2.05) is 32.6 Å². The van der Waals surface area contributed by atoms with Crippen LogP contribution in [0, 0.1) is 46.3 Å². The number of nitrogens with zero attached hydrogens (tertiary/aromatic N) is 1. The number of esters is 1. The Morgan fingerprint density at radius 3 is 2.12 bits per heavy atom. The van der Waals surface area contributed by atoms with Gasteiger partial charge in [-0.15, -0.1) is 24.8 Å². The summed E-state index contributed by atoms with van der Waals surface area (Å²) >= 11 is 0. The topological polar surface area (TPSA) is 98.7 Å². The third-order valence-electron chi connectivity index (χ3n) is 13.5. The van der Waals surface area contributed by atoms with Crippen LogP contribution in [0.1, 0.15) is 159 Å². The molecule has 49 heavy (non-hydrogen) atoms. The maximum absolute atomic E-state index is 13.2. The summed E-state index contributed by atoms with van der Waals surface area (Å²) in [5.41, 5.74) is 14.0. The largest absolute Gasteiger partial charge is 0.462 e. The fourth-order valence-corrected chi connectivity index (χ4v) is 10.6. The lowest BCUT2D eigenvalue weighted by Crippen LogP contribution is -2.51. The molecule has 3 saturated carbocycles. The van der Waals surface area contributed by atoms with Crippen LogP contribution in [-0.4, -0.2) is 47.0 Å². The Labute approximate surface area is 313 Å². The first-order valence-corrected chi connectivity index (χ1v) is 19.6. The second-order valence-electron chi connectivity index (χ2n) is 19.0. The summed E-state index contributed by atoms with van der Waals surface area (Å²) in [7, 11) is 0. The Morgan fingerprint density at radius 1 is 0.898 bits per heavy atom. The summed E-state index contributed by atoms with van der Waals surface area (Å²) in [6, 6.07) is 0. The number of fused-ring (bicyclic) bond motifs is 5. The first-order valence-electron chi connectivity index (χ1n) is 19.6. The van der Waals surface area contributed by atoms with Crippen LogP contribution in [0.5, 0.6) is 0 Å². The van der Waals surface area contributed by atoms with Crippen LogP contribution in [0.15, 0.2) is 11.6 Å². The molecule has 0 saturated heterocycles. The number of halogens is 2. The van der Waals surface area contributed by atoms with Gasteiger partial charge in [0.15, 0.2) is 0 Å². The van der Waals surface area contributed by atoms with Gasteiger partial charge in [0.2, 0.25) is 5.91 Å². The zero-order valence-corrected chi connectivity index (χ0v) is 34.4. The van der Waals surface area contributed by atoms with Crippen LogP contribution in [0.3, 0.4) is 0 Å². The van der Waals surface area contributed by atoms with Crippen molar-refractivity contribution in [2.24, 2.45) is 57.8 Å². The minimum absolute atomic E-state index is 0. The molecule has 3 fully saturated rings. The summed E-state index contributed by atoms with van der Waals surface area (Å²) in [6.45, 7) is 21.5. The van der Waals surface area contributed by atoms with Gasteiger partial charge in [0.25, 0.3) is 0 Å². The number of carbonyl (C=O) groups is 2. The van der Waals surface area contributed by atoms with E-state index in [1.54, 1.807) is 5.57 Å². The lowest BCUT2D eigenvalue weighted by molar-refractivity contribution is -0.153. The first-order chi connectivity index (χ1) is 21.8. The third kappa shape index (κ3) is 11.3. The second-order valence-corrected chi connectivity index (χ2v) is 19.0. The zero-order chi connectivity index (χ0) is 34.8. The van der Waals surface area contributed by atoms with Crippen LogP contribution in [-0.2, 0) is 14.3 Å². The first kappa shape index (κ1) is 44.3. The molecule has 4 aliphatic rings. The van der Waals surface area contributed by atoms with Gasteiger partial charge in [0.1, 0.15) is 6.10 Å². The maximum Gasteiger partial charge on any atom is 0.306 e. The molecule has 0 aliphatic heterocycles. The van der Waals surface area contributed by atoms with Crippen molar-refractivity contribution >= 4 is 36.7 Å². The summed E-state index contributed by atoms with van der Waals surface area (Å²) in [6.07, 6.45) is 18.0. The highest BCUT2D eigenvalue weighted by Gasteiger charge is 2.59. The van der Waals surface area contributed by atoms with E-state index in [0.717, 1.165) is 54.8 Å². The molecule has 1 unspecified atom stereocenters. The molecular weight excluding hydrogens is 653 g/mol. The van der Waals surface area contributed by atoms with Crippen molar-refractivity contribution in [3.05, 3.63) is 11.6 Å². The van der Waals surface area contributed by atoms with Gasteiger partial charge in [0.05, 0.1) is 6.42 Å². The van der Waals surface area contributed by atoms with E-state index >= 15 is 0 Å². The third-order valence-corrected chi connectivity index (χ3v) is 13.5.